The first kappa shape index (κ1) is 13.7. The van der Waals surface area contributed by atoms with Crippen molar-refractivity contribution >= 4 is 5.91 Å². The van der Waals surface area contributed by atoms with Crippen LogP contribution in [0.1, 0.15) is 53.4 Å². The van der Waals surface area contributed by atoms with E-state index in [0.29, 0.717) is 18.1 Å². The summed E-state index contributed by atoms with van der Waals surface area (Å²) < 4.78 is 0. The third-order valence-electron chi connectivity index (χ3n) is 3.58. The second-order valence-corrected chi connectivity index (χ2v) is 5.04. The van der Waals surface area contributed by atoms with Gasteiger partial charge in [-0.15, -0.1) is 10.2 Å². The minimum absolute atomic E-state index is 0.209. The molecule has 0 bridgehead atoms. The van der Waals surface area contributed by atoms with Gasteiger partial charge in [-0.05, 0) is 6.42 Å². The maximum Gasteiger partial charge on any atom is 0.272 e. The molecule has 1 unspecified atom stereocenters. The van der Waals surface area contributed by atoms with Gasteiger partial charge >= 0.3 is 0 Å². The summed E-state index contributed by atoms with van der Waals surface area (Å²) in [7, 11) is 0. The number of nitrogens with one attached hydrogen (secondary N) is 4. The average Bonchev–Trinajstić information content (AvgIpc) is 3.16. The van der Waals surface area contributed by atoms with Crippen LogP contribution in [0.15, 0.2) is 0 Å². The fourth-order valence-electron chi connectivity index (χ4n) is 2.51. The van der Waals surface area contributed by atoms with Gasteiger partial charge in [-0.1, -0.05) is 18.6 Å². The molecule has 9 nitrogen and oxygen atoms in total. The normalized spacial score (nSPS) is 15.5. The van der Waals surface area contributed by atoms with Crippen molar-refractivity contribution in [1.29, 1.82) is 0 Å². The Labute approximate surface area is 121 Å². The highest BCUT2D eigenvalue weighted by molar-refractivity contribution is 5.94. The lowest BCUT2D eigenvalue weighted by molar-refractivity contribution is 0.0926. The van der Waals surface area contributed by atoms with Crippen LogP contribution in [-0.4, -0.2) is 43.3 Å². The van der Waals surface area contributed by atoms with Crippen LogP contribution in [0, 0.1) is 0 Å². The zero-order valence-electron chi connectivity index (χ0n) is 11.8. The number of fused-ring (bicyclic) bond motifs is 1. The molecule has 0 aromatic carbocycles. The number of aromatic nitrogens is 6. The number of hydrogen-bond acceptors (Lipinski definition) is 6. The molecule has 1 amide bonds. The molecule has 0 spiro atoms. The van der Waals surface area contributed by atoms with Gasteiger partial charge in [0.05, 0.1) is 6.04 Å². The number of carbonyl (C=O) groups excluding carboxylic acids is 1. The van der Waals surface area contributed by atoms with Crippen LogP contribution < -0.4 is 10.6 Å². The Morgan fingerprint density at radius 3 is 3.10 bits per heavy atom. The fourth-order valence-corrected chi connectivity index (χ4v) is 2.51. The first-order chi connectivity index (χ1) is 10.3. The lowest BCUT2D eigenvalue weighted by Crippen LogP contribution is -2.31. The lowest BCUT2D eigenvalue weighted by Gasteiger charge is -2.16. The van der Waals surface area contributed by atoms with E-state index in [1.54, 1.807) is 0 Å². The molecule has 4 N–H and O–H groups in total. The first-order valence-electron chi connectivity index (χ1n) is 7.10. The number of carbonyl (C=O) groups is 1. The zero-order valence-corrected chi connectivity index (χ0v) is 11.8. The molecule has 0 radical (unpaired) electrons. The number of tetrazole rings is 1. The highest BCUT2D eigenvalue weighted by Crippen LogP contribution is 2.18. The van der Waals surface area contributed by atoms with Gasteiger partial charge in [0.25, 0.3) is 5.91 Å². The Morgan fingerprint density at radius 2 is 2.33 bits per heavy atom. The van der Waals surface area contributed by atoms with E-state index >= 15 is 0 Å². The molecular weight excluding hydrogens is 272 g/mol. The quantitative estimate of drug-likeness (QED) is 0.606. The van der Waals surface area contributed by atoms with Crippen LogP contribution in [0.3, 0.4) is 0 Å². The van der Waals surface area contributed by atoms with Crippen molar-refractivity contribution in [1.82, 2.24) is 41.5 Å². The Morgan fingerprint density at radius 1 is 1.43 bits per heavy atom. The molecule has 0 saturated carbocycles. The van der Waals surface area contributed by atoms with Gasteiger partial charge in [0.2, 0.25) is 0 Å². The van der Waals surface area contributed by atoms with E-state index in [-0.39, 0.29) is 11.9 Å². The maximum absolute atomic E-state index is 12.5. The van der Waals surface area contributed by atoms with Crippen LogP contribution in [-0.2, 0) is 13.0 Å². The molecule has 1 aliphatic heterocycles. The number of H-pyrrole nitrogens is 2. The lowest BCUT2D eigenvalue weighted by atomic mass is 10.1. The van der Waals surface area contributed by atoms with Crippen molar-refractivity contribution in [3.8, 4) is 0 Å². The van der Waals surface area contributed by atoms with Crippen LogP contribution >= 0.6 is 0 Å². The van der Waals surface area contributed by atoms with Crippen molar-refractivity contribution in [2.24, 2.45) is 0 Å². The van der Waals surface area contributed by atoms with Crippen molar-refractivity contribution in [2.75, 3.05) is 6.54 Å². The van der Waals surface area contributed by atoms with E-state index in [0.717, 1.165) is 37.1 Å². The third-order valence-corrected chi connectivity index (χ3v) is 3.58. The van der Waals surface area contributed by atoms with E-state index in [9.17, 15) is 4.79 Å². The number of hydrogen-bond donors (Lipinski definition) is 4. The molecule has 1 aliphatic rings. The molecule has 3 rings (SSSR count). The van der Waals surface area contributed by atoms with Crippen molar-refractivity contribution in [3.63, 3.8) is 0 Å². The van der Waals surface area contributed by atoms with Gasteiger partial charge in [-0.25, -0.2) is 0 Å². The SMILES string of the molecule is CCCC(NC(=O)c1n[nH]c2c1CNCC2)c1nn[nH]n1. The van der Waals surface area contributed by atoms with Gasteiger partial charge in [0.1, 0.15) is 0 Å². The number of aromatic amines is 2. The van der Waals surface area contributed by atoms with Gasteiger partial charge in [0, 0.05) is 30.8 Å². The van der Waals surface area contributed by atoms with Gasteiger partial charge in [0.15, 0.2) is 11.5 Å². The second kappa shape index (κ2) is 6.00. The highest BCUT2D eigenvalue weighted by Gasteiger charge is 2.25. The average molecular weight is 290 g/mol. The van der Waals surface area contributed by atoms with E-state index in [1.807, 2.05) is 6.92 Å². The molecule has 2 aromatic heterocycles. The molecular formula is C12H18N8O. The maximum atomic E-state index is 12.5. The summed E-state index contributed by atoms with van der Waals surface area (Å²) in [6.45, 7) is 3.60. The molecule has 21 heavy (non-hydrogen) atoms. The Hall–Kier alpha value is -2.29. The molecule has 2 aromatic rings. The summed E-state index contributed by atoms with van der Waals surface area (Å²) in [6.07, 6.45) is 2.51. The van der Waals surface area contributed by atoms with Crippen LogP contribution in [0.2, 0.25) is 0 Å². The molecule has 0 fully saturated rings. The molecule has 1 atom stereocenters. The van der Waals surface area contributed by atoms with E-state index in [2.05, 4.69) is 41.5 Å². The Bertz CT molecular complexity index is 605. The summed E-state index contributed by atoms with van der Waals surface area (Å²) >= 11 is 0. The summed E-state index contributed by atoms with van der Waals surface area (Å²) in [5.74, 6) is 0.284. The predicted molar refractivity (Wildman–Crippen MR) is 73.3 cm³/mol. The third kappa shape index (κ3) is 2.77. The van der Waals surface area contributed by atoms with Crippen LogP contribution in [0.5, 0.6) is 0 Å². The smallest absolute Gasteiger partial charge is 0.272 e. The fraction of sp³-hybridized carbons (Fsp3) is 0.583. The second-order valence-electron chi connectivity index (χ2n) is 5.04. The van der Waals surface area contributed by atoms with E-state index in [4.69, 9.17) is 0 Å². The molecule has 112 valence electrons. The molecule has 3 heterocycles. The Balaban J connectivity index is 1.77. The predicted octanol–water partition coefficient (Wildman–Crippen LogP) is -0.160. The minimum Gasteiger partial charge on any atom is -0.340 e. The summed E-state index contributed by atoms with van der Waals surface area (Å²) in [5.41, 5.74) is 2.43. The van der Waals surface area contributed by atoms with Gasteiger partial charge in [-0.2, -0.15) is 10.3 Å². The monoisotopic (exact) mass is 290 g/mol. The Kier molecular flexibility index (Phi) is 3.91. The zero-order chi connectivity index (χ0) is 14.7. The topological polar surface area (TPSA) is 124 Å². The molecule has 0 saturated heterocycles. The standard InChI is InChI=1S/C12H18N8O/c1-2-3-9(11-17-19-20-18-11)14-12(21)10-7-6-13-5-4-8(7)15-16-10/h9,13H,2-6H2,1H3,(H,14,21)(H,15,16)(H,17,18,19,20). The summed E-state index contributed by atoms with van der Waals surface area (Å²) in [4.78, 5) is 12.5. The van der Waals surface area contributed by atoms with Crippen molar-refractivity contribution < 1.29 is 4.79 Å². The van der Waals surface area contributed by atoms with Gasteiger partial charge < -0.3 is 10.6 Å². The van der Waals surface area contributed by atoms with Crippen LogP contribution in [0.25, 0.3) is 0 Å². The molecule has 0 aliphatic carbocycles. The van der Waals surface area contributed by atoms with Crippen LogP contribution in [0.4, 0.5) is 0 Å². The van der Waals surface area contributed by atoms with Gasteiger partial charge in [-0.3, -0.25) is 9.89 Å². The van der Waals surface area contributed by atoms with E-state index in [1.165, 1.54) is 0 Å². The molecule has 9 heteroatoms. The number of nitrogens with zero attached hydrogens (tertiary/aromatic N) is 4. The largest absolute Gasteiger partial charge is 0.340 e. The summed E-state index contributed by atoms with van der Waals surface area (Å²) in [6, 6.07) is -0.259. The van der Waals surface area contributed by atoms with Crippen molar-refractivity contribution in [2.45, 2.75) is 38.8 Å². The minimum atomic E-state index is -0.259. The highest BCUT2D eigenvalue weighted by atomic mass is 16.2. The number of rotatable bonds is 5. The first-order valence-corrected chi connectivity index (χ1v) is 7.10. The number of amides is 1. The van der Waals surface area contributed by atoms with Crippen molar-refractivity contribution in [3.05, 3.63) is 22.8 Å². The van der Waals surface area contributed by atoms with E-state index < -0.39 is 0 Å². The summed E-state index contributed by atoms with van der Waals surface area (Å²) in [5, 5.41) is 27.2.